The van der Waals surface area contributed by atoms with Crippen molar-refractivity contribution >= 4 is 11.6 Å². The highest BCUT2D eigenvalue weighted by Gasteiger charge is 2.16. The molecular formula is C21H24N4O4. The minimum atomic E-state index is -0.579. The molecule has 4 rings (SSSR count). The molecule has 29 heavy (non-hydrogen) atoms. The topological polar surface area (TPSA) is 102 Å². The molecule has 1 fully saturated rings. The third-order valence-electron chi connectivity index (χ3n) is 4.89. The van der Waals surface area contributed by atoms with E-state index in [0.29, 0.717) is 42.4 Å². The van der Waals surface area contributed by atoms with E-state index in [4.69, 9.17) is 15.2 Å². The Hall–Kier alpha value is -2.94. The third kappa shape index (κ3) is 4.56. The summed E-state index contributed by atoms with van der Waals surface area (Å²) in [5.41, 5.74) is 7.89. The van der Waals surface area contributed by atoms with Crippen molar-refractivity contribution in [2.75, 3.05) is 39.5 Å². The second kappa shape index (κ2) is 8.60. The zero-order valence-electron chi connectivity index (χ0n) is 16.0. The first kappa shape index (κ1) is 19.4. The number of nitrogens with zero attached hydrogens (tertiary/aromatic N) is 3. The lowest BCUT2D eigenvalue weighted by Gasteiger charge is -2.28. The van der Waals surface area contributed by atoms with Crippen LogP contribution in [-0.2, 0) is 4.74 Å². The van der Waals surface area contributed by atoms with E-state index in [1.165, 1.54) is 0 Å². The van der Waals surface area contributed by atoms with Gasteiger partial charge in [0.2, 0.25) is 0 Å². The maximum atomic E-state index is 11.6. The number of imidazole rings is 1. The van der Waals surface area contributed by atoms with Crippen LogP contribution in [0.2, 0.25) is 0 Å². The van der Waals surface area contributed by atoms with Gasteiger partial charge >= 0.3 is 0 Å². The van der Waals surface area contributed by atoms with Crippen molar-refractivity contribution in [3.63, 3.8) is 0 Å². The molecule has 2 aromatic heterocycles. The fourth-order valence-corrected chi connectivity index (χ4v) is 3.42. The fraction of sp³-hybridized carbons (Fsp3) is 0.333. The predicted molar refractivity (Wildman–Crippen MR) is 108 cm³/mol. The normalized spacial score (nSPS) is 16.0. The van der Waals surface area contributed by atoms with E-state index in [9.17, 15) is 9.90 Å². The van der Waals surface area contributed by atoms with Crippen molar-refractivity contribution < 1.29 is 19.4 Å². The zero-order chi connectivity index (χ0) is 20.2. The molecule has 1 aliphatic rings. The number of benzene rings is 1. The molecule has 1 unspecified atom stereocenters. The fourth-order valence-electron chi connectivity index (χ4n) is 3.42. The number of aliphatic hydroxyl groups is 1. The highest BCUT2D eigenvalue weighted by Crippen LogP contribution is 2.24. The zero-order valence-corrected chi connectivity index (χ0v) is 16.0. The largest absolute Gasteiger partial charge is 0.491 e. The number of carbonyl (C=O) groups excluding carboxylic acids is 1. The number of amides is 1. The Labute approximate surface area is 168 Å². The first-order valence-corrected chi connectivity index (χ1v) is 9.59. The van der Waals surface area contributed by atoms with Gasteiger partial charge in [-0.15, -0.1) is 0 Å². The van der Waals surface area contributed by atoms with Gasteiger partial charge in [-0.2, -0.15) is 0 Å². The molecule has 8 heteroatoms. The summed E-state index contributed by atoms with van der Waals surface area (Å²) in [5.74, 6) is 0.134. The van der Waals surface area contributed by atoms with E-state index in [2.05, 4.69) is 9.88 Å². The van der Waals surface area contributed by atoms with Crippen LogP contribution < -0.4 is 10.5 Å². The van der Waals surface area contributed by atoms with Crippen LogP contribution in [-0.4, -0.2) is 70.9 Å². The average molecular weight is 396 g/mol. The molecule has 3 N–H and O–H groups in total. The molecule has 8 nitrogen and oxygen atoms in total. The number of hydrogen-bond acceptors (Lipinski definition) is 6. The highest BCUT2D eigenvalue weighted by atomic mass is 16.5. The Balaban J connectivity index is 1.45. The highest BCUT2D eigenvalue weighted by molar-refractivity contribution is 5.98. The van der Waals surface area contributed by atoms with E-state index in [1.54, 1.807) is 16.5 Å². The van der Waals surface area contributed by atoms with Crippen molar-refractivity contribution in [3.8, 4) is 17.0 Å². The quantitative estimate of drug-likeness (QED) is 0.622. The molecule has 1 aliphatic heterocycles. The first-order chi connectivity index (χ1) is 14.1. The van der Waals surface area contributed by atoms with Crippen LogP contribution >= 0.6 is 0 Å². The molecule has 3 heterocycles. The Morgan fingerprint density at radius 2 is 2.10 bits per heavy atom. The Morgan fingerprint density at radius 1 is 1.28 bits per heavy atom. The van der Waals surface area contributed by atoms with Crippen LogP contribution in [0, 0.1) is 0 Å². The van der Waals surface area contributed by atoms with Crippen molar-refractivity contribution in [1.82, 2.24) is 14.3 Å². The second-order valence-corrected chi connectivity index (χ2v) is 7.05. The number of morpholine rings is 1. The molecule has 0 bridgehead atoms. The maximum absolute atomic E-state index is 11.6. The number of primary amides is 1. The average Bonchev–Trinajstić information content (AvgIpc) is 3.17. The van der Waals surface area contributed by atoms with Crippen LogP contribution in [0.4, 0.5) is 0 Å². The summed E-state index contributed by atoms with van der Waals surface area (Å²) in [5, 5.41) is 10.3. The Bertz CT molecular complexity index is 997. The number of fused-ring (bicyclic) bond motifs is 1. The summed E-state index contributed by atoms with van der Waals surface area (Å²) in [6.45, 7) is 3.82. The van der Waals surface area contributed by atoms with Gasteiger partial charge in [0.25, 0.3) is 5.91 Å². The summed E-state index contributed by atoms with van der Waals surface area (Å²) in [6, 6.07) is 10.9. The number of pyridine rings is 1. The van der Waals surface area contributed by atoms with Crippen molar-refractivity contribution in [2.24, 2.45) is 5.73 Å². The van der Waals surface area contributed by atoms with Crippen LogP contribution in [0.25, 0.3) is 16.9 Å². The summed E-state index contributed by atoms with van der Waals surface area (Å²) in [7, 11) is 0. The minimum Gasteiger partial charge on any atom is -0.491 e. The summed E-state index contributed by atoms with van der Waals surface area (Å²) < 4.78 is 12.9. The van der Waals surface area contributed by atoms with Gasteiger partial charge in [-0.25, -0.2) is 4.98 Å². The standard InChI is InChI=1S/C21H24N4O4/c22-20(27)18-5-2-6-25-13-19(23-21(18)25)15-3-1-4-17(11-15)29-14-16(26)12-24-7-9-28-10-8-24/h1-6,11,13,16,26H,7-10,12,14H2,(H2,22,27). The maximum Gasteiger partial charge on any atom is 0.252 e. The number of nitrogens with two attached hydrogens (primary N) is 1. The van der Waals surface area contributed by atoms with Crippen LogP contribution in [0.1, 0.15) is 10.4 Å². The number of aromatic nitrogens is 2. The van der Waals surface area contributed by atoms with Crippen LogP contribution in [0.5, 0.6) is 5.75 Å². The molecule has 1 aromatic carbocycles. The lowest BCUT2D eigenvalue weighted by molar-refractivity contribution is 0.00466. The third-order valence-corrected chi connectivity index (χ3v) is 4.89. The van der Waals surface area contributed by atoms with E-state index in [-0.39, 0.29) is 6.61 Å². The minimum absolute atomic E-state index is 0.206. The SMILES string of the molecule is NC(=O)c1cccn2cc(-c3cccc(OCC(O)CN4CCOCC4)c3)nc12. The molecule has 152 valence electrons. The molecule has 0 radical (unpaired) electrons. The number of ether oxygens (including phenoxy) is 2. The first-order valence-electron chi connectivity index (χ1n) is 9.59. The van der Waals surface area contributed by atoms with Gasteiger partial charge in [-0.1, -0.05) is 12.1 Å². The van der Waals surface area contributed by atoms with Gasteiger partial charge in [-0.3, -0.25) is 9.69 Å². The number of carbonyl (C=O) groups is 1. The molecule has 3 aromatic rings. The number of β-amino-alcohol motifs (C(OH)–C–C–N with tert-alkyl or cyclic N) is 1. The Morgan fingerprint density at radius 3 is 2.90 bits per heavy atom. The molecule has 1 saturated heterocycles. The lowest BCUT2D eigenvalue weighted by atomic mass is 10.1. The molecule has 0 spiro atoms. The second-order valence-electron chi connectivity index (χ2n) is 7.05. The lowest BCUT2D eigenvalue weighted by Crippen LogP contribution is -2.42. The van der Waals surface area contributed by atoms with Gasteiger partial charge < -0.3 is 24.7 Å². The van der Waals surface area contributed by atoms with E-state index < -0.39 is 12.0 Å². The van der Waals surface area contributed by atoms with Gasteiger partial charge in [0.15, 0.2) is 0 Å². The smallest absolute Gasteiger partial charge is 0.252 e. The molecule has 0 aliphatic carbocycles. The van der Waals surface area contributed by atoms with Gasteiger partial charge in [0.1, 0.15) is 24.1 Å². The molecular weight excluding hydrogens is 372 g/mol. The number of rotatable bonds is 7. The van der Waals surface area contributed by atoms with Crippen molar-refractivity contribution in [1.29, 1.82) is 0 Å². The van der Waals surface area contributed by atoms with E-state index in [0.717, 1.165) is 18.7 Å². The van der Waals surface area contributed by atoms with Crippen LogP contribution in [0.3, 0.4) is 0 Å². The van der Waals surface area contributed by atoms with Crippen molar-refractivity contribution in [2.45, 2.75) is 6.10 Å². The molecule has 1 atom stereocenters. The Kier molecular flexibility index (Phi) is 5.75. The molecule has 0 saturated carbocycles. The number of aliphatic hydroxyl groups excluding tert-OH is 1. The van der Waals surface area contributed by atoms with Gasteiger partial charge in [0, 0.05) is 37.6 Å². The van der Waals surface area contributed by atoms with E-state index >= 15 is 0 Å². The summed E-state index contributed by atoms with van der Waals surface area (Å²) in [6.07, 6.45) is 3.08. The monoisotopic (exact) mass is 396 g/mol. The molecule has 1 amide bonds. The predicted octanol–water partition coefficient (Wildman–Crippen LogP) is 1.17. The van der Waals surface area contributed by atoms with Crippen molar-refractivity contribution in [3.05, 3.63) is 54.4 Å². The van der Waals surface area contributed by atoms with Crippen LogP contribution in [0.15, 0.2) is 48.8 Å². The summed E-state index contributed by atoms with van der Waals surface area (Å²) >= 11 is 0. The van der Waals surface area contributed by atoms with E-state index in [1.807, 2.05) is 36.7 Å². The summed E-state index contributed by atoms with van der Waals surface area (Å²) in [4.78, 5) is 18.3. The van der Waals surface area contributed by atoms with Gasteiger partial charge in [-0.05, 0) is 24.3 Å². The van der Waals surface area contributed by atoms with Gasteiger partial charge in [0.05, 0.1) is 24.5 Å². The number of hydrogen-bond donors (Lipinski definition) is 2.